The van der Waals surface area contributed by atoms with E-state index in [4.69, 9.17) is 13.6 Å². The Kier molecular flexibility index (Phi) is 6.35. The number of rotatable bonds is 8. The summed E-state index contributed by atoms with van der Waals surface area (Å²) in [6, 6.07) is 3.55. The minimum Gasteiger partial charge on any atom is -0.463 e. The van der Waals surface area contributed by atoms with Crippen LogP contribution in [-0.2, 0) is 9.53 Å². The zero-order valence-electron chi connectivity index (χ0n) is 15.3. The lowest BCUT2D eigenvalue weighted by molar-refractivity contribution is -0.684. The number of nitrogens with two attached hydrogens (primary N) is 1. The summed E-state index contributed by atoms with van der Waals surface area (Å²) in [5.41, 5.74) is 0.0657. The van der Waals surface area contributed by atoms with Gasteiger partial charge in [0, 0.05) is 0 Å². The number of anilines is 1. The summed E-state index contributed by atoms with van der Waals surface area (Å²) >= 11 is 0. The van der Waals surface area contributed by atoms with Crippen LogP contribution in [0.1, 0.15) is 59.0 Å². The SMILES string of the molecule is CCOC(=O)c1c(NC(=O)C[NH2+][C@H](C)c2ccco2)oc(C)c1C(C)=O. The van der Waals surface area contributed by atoms with Gasteiger partial charge >= 0.3 is 5.97 Å². The molecule has 2 heterocycles. The van der Waals surface area contributed by atoms with Crippen molar-refractivity contribution in [1.82, 2.24) is 0 Å². The van der Waals surface area contributed by atoms with Crippen molar-refractivity contribution < 1.29 is 33.3 Å². The summed E-state index contributed by atoms with van der Waals surface area (Å²) in [5, 5.41) is 4.32. The third-order valence-electron chi connectivity index (χ3n) is 3.82. The molecule has 0 spiro atoms. The predicted octanol–water partition coefficient (Wildman–Crippen LogP) is 1.82. The highest BCUT2D eigenvalue weighted by atomic mass is 16.5. The van der Waals surface area contributed by atoms with Gasteiger partial charge in [0.25, 0.3) is 5.91 Å². The normalized spacial score (nSPS) is 11.8. The van der Waals surface area contributed by atoms with E-state index in [-0.39, 0.29) is 53.7 Å². The van der Waals surface area contributed by atoms with E-state index in [0.29, 0.717) is 0 Å². The van der Waals surface area contributed by atoms with E-state index < -0.39 is 5.97 Å². The second-order valence-corrected chi connectivity index (χ2v) is 5.81. The maximum Gasteiger partial charge on any atom is 0.344 e. The largest absolute Gasteiger partial charge is 0.463 e. The number of carbonyl (C=O) groups is 3. The minimum atomic E-state index is -0.710. The number of nitrogens with one attached hydrogen (secondary N) is 1. The molecule has 0 saturated carbocycles. The van der Waals surface area contributed by atoms with Crippen LogP contribution in [0.2, 0.25) is 0 Å². The molecular formula is C18H23N2O6+. The molecule has 0 bridgehead atoms. The Morgan fingerprint density at radius 3 is 2.62 bits per heavy atom. The zero-order chi connectivity index (χ0) is 19.3. The van der Waals surface area contributed by atoms with Crippen molar-refractivity contribution in [2.24, 2.45) is 0 Å². The standard InChI is InChI=1S/C18H22N2O6/c1-5-24-18(23)16-15(11(3)21)12(4)26-17(16)20-14(22)9-19-10(2)13-7-6-8-25-13/h6-8,10,19H,5,9H2,1-4H3,(H,20,22)/p+1/t10-/m1/s1. The first-order valence-electron chi connectivity index (χ1n) is 8.33. The summed E-state index contributed by atoms with van der Waals surface area (Å²) in [6.07, 6.45) is 1.57. The molecule has 0 aliphatic rings. The summed E-state index contributed by atoms with van der Waals surface area (Å²) in [4.78, 5) is 36.3. The molecule has 0 fully saturated rings. The Bertz CT molecular complexity index is 791. The van der Waals surface area contributed by atoms with Crippen molar-refractivity contribution in [3.8, 4) is 0 Å². The summed E-state index contributed by atoms with van der Waals surface area (Å²) in [7, 11) is 0. The highest BCUT2D eigenvalue weighted by Gasteiger charge is 2.29. The summed E-state index contributed by atoms with van der Waals surface area (Å²) in [5.74, 6) is -0.500. The quantitative estimate of drug-likeness (QED) is 0.546. The maximum atomic E-state index is 12.2. The van der Waals surface area contributed by atoms with Gasteiger partial charge in [-0.15, -0.1) is 0 Å². The molecule has 0 radical (unpaired) electrons. The molecular weight excluding hydrogens is 340 g/mol. The van der Waals surface area contributed by atoms with Gasteiger partial charge in [-0.1, -0.05) is 0 Å². The number of hydrogen-bond acceptors (Lipinski definition) is 6. The highest BCUT2D eigenvalue weighted by Crippen LogP contribution is 2.28. The van der Waals surface area contributed by atoms with Crippen LogP contribution in [0.4, 0.5) is 5.88 Å². The monoisotopic (exact) mass is 363 g/mol. The number of esters is 1. The van der Waals surface area contributed by atoms with E-state index in [1.54, 1.807) is 31.5 Å². The van der Waals surface area contributed by atoms with Gasteiger partial charge in [-0.05, 0) is 39.8 Å². The van der Waals surface area contributed by atoms with Crippen molar-refractivity contribution in [2.75, 3.05) is 18.5 Å². The lowest BCUT2D eigenvalue weighted by atomic mass is 10.1. The van der Waals surface area contributed by atoms with Crippen LogP contribution in [0, 0.1) is 6.92 Å². The molecule has 8 heteroatoms. The molecule has 3 N–H and O–H groups in total. The first-order valence-corrected chi connectivity index (χ1v) is 8.33. The first kappa shape index (κ1) is 19.5. The van der Waals surface area contributed by atoms with E-state index in [0.717, 1.165) is 5.76 Å². The maximum absolute atomic E-state index is 12.2. The summed E-state index contributed by atoms with van der Waals surface area (Å²) < 4.78 is 15.7. The molecule has 0 aliphatic heterocycles. The van der Waals surface area contributed by atoms with Crippen LogP contribution in [-0.4, -0.2) is 30.8 Å². The number of aryl methyl sites for hydroxylation is 1. The third kappa shape index (κ3) is 4.40. The van der Waals surface area contributed by atoms with Gasteiger partial charge in [0.05, 0.1) is 18.4 Å². The molecule has 0 aliphatic carbocycles. The fourth-order valence-corrected chi connectivity index (χ4v) is 2.58. The number of ether oxygens (including phenoxy) is 1. The number of ketones is 1. The van der Waals surface area contributed by atoms with Crippen LogP contribution >= 0.6 is 0 Å². The van der Waals surface area contributed by atoms with Crippen LogP contribution in [0.3, 0.4) is 0 Å². The fourth-order valence-electron chi connectivity index (χ4n) is 2.58. The third-order valence-corrected chi connectivity index (χ3v) is 3.82. The van der Waals surface area contributed by atoms with Gasteiger partial charge in [-0.3, -0.25) is 14.9 Å². The molecule has 2 aromatic rings. The Morgan fingerprint density at radius 1 is 1.31 bits per heavy atom. The molecule has 0 saturated heterocycles. The average molecular weight is 363 g/mol. The van der Waals surface area contributed by atoms with Crippen molar-refractivity contribution in [3.05, 3.63) is 41.0 Å². The number of quaternary nitrogens is 1. The lowest BCUT2D eigenvalue weighted by Gasteiger charge is -2.08. The Labute approximate surface area is 150 Å². The van der Waals surface area contributed by atoms with Gasteiger partial charge in [-0.25, -0.2) is 4.79 Å². The topological polar surface area (TPSA) is 115 Å². The van der Waals surface area contributed by atoms with Crippen molar-refractivity contribution in [3.63, 3.8) is 0 Å². The van der Waals surface area contributed by atoms with Crippen LogP contribution < -0.4 is 10.6 Å². The molecule has 2 aromatic heterocycles. The van der Waals surface area contributed by atoms with Crippen LogP contribution in [0.5, 0.6) is 0 Å². The number of carbonyl (C=O) groups excluding carboxylic acids is 3. The van der Waals surface area contributed by atoms with Gasteiger partial charge < -0.3 is 18.9 Å². The van der Waals surface area contributed by atoms with Gasteiger partial charge in [0.2, 0.25) is 5.88 Å². The predicted molar refractivity (Wildman–Crippen MR) is 92.0 cm³/mol. The van der Waals surface area contributed by atoms with E-state index in [1.807, 2.05) is 13.0 Å². The Morgan fingerprint density at radius 2 is 2.04 bits per heavy atom. The highest BCUT2D eigenvalue weighted by molar-refractivity contribution is 6.10. The van der Waals surface area contributed by atoms with Gasteiger partial charge in [0.1, 0.15) is 17.4 Å². The number of amides is 1. The molecule has 0 aromatic carbocycles. The van der Waals surface area contributed by atoms with Crippen molar-refractivity contribution in [2.45, 2.75) is 33.7 Å². The minimum absolute atomic E-state index is 0.0496. The van der Waals surface area contributed by atoms with E-state index in [2.05, 4.69) is 5.32 Å². The van der Waals surface area contributed by atoms with E-state index in [1.165, 1.54) is 6.92 Å². The van der Waals surface area contributed by atoms with Gasteiger partial charge in [-0.2, -0.15) is 0 Å². The smallest absolute Gasteiger partial charge is 0.344 e. The molecule has 26 heavy (non-hydrogen) atoms. The van der Waals surface area contributed by atoms with E-state index in [9.17, 15) is 14.4 Å². The van der Waals surface area contributed by atoms with E-state index >= 15 is 0 Å². The van der Waals surface area contributed by atoms with Crippen LogP contribution in [0.25, 0.3) is 0 Å². The van der Waals surface area contributed by atoms with Crippen molar-refractivity contribution in [1.29, 1.82) is 0 Å². The second-order valence-electron chi connectivity index (χ2n) is 5.81. The molecule has 1 amide bonds. The van der Waals surface area contributed by atoms with Gasteiger partial charge in [0.15, 0.2) is 18.1 Å². The number of furan rings is 2. The lowest BCUT2D eigenvalue weighted by Crippen LogP contribution is -2.86. The molecule has 2 rings (SSSR count). The average Bonchev–Trinajstić information content (AvgIpc) is 3.20. The summed E-state index contributed by atoms with van der Waals surface area (Å²) in [6.45, 7) is 6.66. The molecule has 0 unspecified atom stereocenters. The molecule has 8 nitrogen and oxygen atoms in total. The molecule has 1 atom stereocenters. The van der Waals surface area contributed by atoms with Crippen molar-refractivity contribution >= 4 is 23.5 Å². The fraction of sp³-hybridized carbons (Fsp3) is 0.389. The number of Topliss-reactive ketones (excluding diaryl/α,β-unsaturated/α-hetero) is 1. The zero-order valence-corrected chi connectivity index (χ0v) is 15.3. The second kappa shape index (κ2) is 8.48. The first-order chi connectivity index (χ1) is 12.3. The number of hydrogen-bond donors (Lipinski definition) is 2. The Hall–Kier alpha value is -2.87. The molecule has 140 valence electrons. The Balaban J connectivity index is 2.12. The van der Waals surface area contributed by atoms with Crippen LogP contribution in [0.15, 0.2) is 27.2 Å².